The van der Waals surface area contributed by atoms with Gasteiger partial charge < -0.3 is 10.1 Å². The third-order valence-corrected chi connectivity index (χ3v) is 3.89. The molecule has 8 nitrogen and oxygen atoms in total. The number of hydrogen-bond acceptors (Lipinski definition) is 5. The van der Waals surface area contributed by atoms with Gasteiger partial charge in [-0.15, -0.1) is 0 Å². The van der Waals surface area contributed by atoms with E-state index in [0.29, 0.717) is 17.8 Å². The number of anilines is 1. The molecule has 1 N–H and O–H groups in total. The lowest BCUT2D eigenvalue weighted by Crippen LogP contribution is -2.07. The van der Waals surface area contributed by atoms with Crippen LogP contribution in [0.15, 0.2) is 67.0 Å². The summed E-state index contributed by atoms with van der Waals surface area (Å²) in [5, 5.41) is 17.7. The molecule has 1 heterocycles. The summed E-state index contributed by atoms with van der Waals surface area (Å²) in [6.07, 6.45) is 6.11. The van der Waals surface area contributed by atoms with Crippen molar-refractivity contribution >= 4 is 23.4 Å². The first-order valence-electron chi connectivity index (χ1n) is 8.42. The first-order valence-corrected chi connectivity index (χ1v) is 8.42. The fraction of sp³-hybridized carbons (Fsp3) is 0.100. The van der Waals surface area contributed by atoms with Gasteiger partial charge in [0, 0.05) is 24.4 Å². The van der Waals surface area contributed by atoms with Crippen molar-refractivity contribution in [1.82, 2.24) is 9.78 Å². The van der Waals surface area contributed by atoms with E-state index in [1.807, 2.05) is 24.3 Å². The van der Waals surface area contributed by atoms with E-state index in [0.717, 1.165) is 11.3 Å². The van der Waals surface area contributed by atoms with E-state index < -0.39 is 4.92 Å². The highest BCUT2D eigenvalue weighted by Crippen LogP contribution is 2.16. The Hall–Kier alpha value is -3.94. The van der Waals surface area contributed by atoms with Gasteiger partial charge in [-0.2, -0.15) is 5.10 Å². The molecule has 0 spiro atoms. The van der Waals surface area contributed by atoms with E-state index in [4.69, 9.17) is 4.74 Å². The topological polar surface area (TPSA) is 99.3 Å². The van der Waals surface area contributed by atoms with Crippen LogP contribution < -0.4 is 10.1 Å². The van der Waals surface area contributed by atoms with E-state index in [9.17, 15) is 14.9 Å². The molecule has 3 aromatic rings. The van der Waals surface area contributed by atoms with Gasteiger partial charge in [0.05, 0.1) is 30.5 Å². The van der Waals surface area contributed by atoms with Crippen molar-refractivity contribution in [2.75, 3.05) is 12.4 Å². The average molecular weight is 378 g/mol. The summed E-state index contributed by atoms with van der Waals surface area (Å²) in [5.41, 5.74) is 2.11. The molecule has 2 aromatic carbocycles. The van der Waals surface area contributed by atoms with Crippen LogP contribution >= 0.6 is 0 Å². The molecule has 0 aliphatic heterocycles. The number of benzene rings is 2. The summed E-state index contributed by atoms with van der Waals surface area (Å²) < 4.78 is 6.91. The van der Waals surface area contributed by atoms with Crippen molar-refractivity contribution in [2.24, 2.45) is 0 Å². The van der Waals surface area contributed by atoms with Crippen molar-refractivity contribution in [2.45, 2.75) is 6.54 Å². The minimum Gasteiger partial charge on any atom is -0.497 e. The Morgan fingerprint density at radius 3 is 2.89 bits per heavy atom. The molecule has 0 radical (unpaired) electrons. The molecular weight excluding hydrogens is 360 g/mol. The number of nitrogens with one attached hydrogen (secondary N) is 1. The van der Waals surface area contributed by atoms with Crippen LogP contribution in [-0.2, 0) is 11.3 Å². The van der Waals surface area contributed by atoms with Crippen LogP contribution in [-0.4, -0.2) is 27.7 Å². The van der Waals surface area contributed by atoms with Crippen molar-refractivity contribution in [3.05, 3.63) is 88.2 Å². The number of amides is 1. The van der Waals surface area contributed by atoms with Crippen molar-refractivity contribution in [1.29, 1.82) is 0 Å². The smallest absolute Gasteiger partial charge is 0.270 e. The molecule has 0 aliphatic carbocycles. The SMILES string of the molecule is COc1cccc(Cn2cc(NC(=O)/C=C/c3cccc([N+](=O)[O-])c3)cn2)c1. The van der Waals surface area contributed by atoms with Crippen molar-refractivity contribution in [3.63, 3.8) is 0 Å². The van der Waals surface area contributed by atoms with E-state index >= 15 is 0 Å². The van der Waals surface area contributed by atoms with Crippen LogP contribution in [0.5, 0.6) is 5.75 Å². The zero-order valence-electron chi connectivity index (χ0n) is 15.1. The summed E-state index contributed by atoms with van der Waals surface area (Å²) in [7, 11) is 1.61. The number of nitro benzene ring substituents is 1. The maximum absolute atomic E-state index is 12.1. The van der Waals surface area contributed by atoms with Gasteiger partial charge in [-0.3, -0.25) is 19.6 Å². The fourth-order valence-electron chi connectivity index (χ4n) is 2.57. The van der Waals surface area contributed by atoms with Crippen LogP contribution in [0, 0.1) is 10.1 Å². The molecule has 0 bridgehead atoms. The van der Waals surface area contributed by atoms with Gasteiger partial charge in [0.25, 0.3) is 5.69 Å². The third-order valence-electron chi connectivity index (χ3n) is 3.89. The molecule has 0 saturated heterocycles. The predicted molar refractivity (Wildman–Crippen MR) is 105 cm³/mol. The minimum absolute atomic E-state index is 0.0265. The van der Waals surface area contributed by atoms with E-state index in [1.54, 1.807) is 36.3 Å². The van der Waals surface area contributed by atoms with Gasteiger partial charge in [0.2, 0.25) is 5.91 Å². The highest BCUT2D eigenvalue weighted by molar-refractivity contribution is 6.01. The maximum atomic E-state index is 12.1. The largest absolute Gasteiger partial charge is 0.497 e. The number of non-ortho nitro benzene ring substituents is 1. The molecule has 1 amide bonds. The van der Waals surface area contributed by atoms with Gasteiger partial charge in [0.1, 0.15) is 5.75 Å². The lowest BCUT2D eigenvalue weighted by Gasteiger charge is -2.04. The van der Waals surface area contributed by atoms with Crippen LogP contribution in [0.25, 0.3) is 6.08 Å². The second kappa shape index (κ2) is 8.63. The molecule has 0 fully saturated rings. The lowest BCUT2D eigenvalue weighted by atomic mass is 10.2. The molecule has 0 atom stereocenters. The lowest BCUT2D eigenvalue weighted by molar-refractivity contribution is -0.384. The van der Waals surface area contributed by atoms with Gasteiger partial charge in [-0.1, -0.05) is 24.3 Å². The summed E-state index contributed by atoms with van der Waals surface area (Å²) in [4.78, 5) is 22.4. The number of carbonyl (C=O) groups excluding carboxylic acids is 1. The van der Waals surface area contributed by atoms with Crippen LogP contribution in [0.3, 0.4) is 0 Å². The average Bonchev–Trinajstić information content (AvgIpc) is 3.13. The molecule has 0 saturated carbocycles. The highest BCUT2D eigenvalue weighted by atomic mass is 16.6. The summed E-state index contributed by atoms with van der Waals surface area (Å²) in [5.74, 6) is 0.414. The number of nitrogens with zero attached hydrogens (tertiary/aromatic N) is 3. The van der Waals surface area contributed by atoms with Crippen molar-refractivity contribution in [3.8, 4) is 5.75 Å². The summed E-state index contributed by atoms with van der Waals surface area (Å²) >= 11 is 0. The Morgan fingerprint density at radius 2 is 2.11 bits per heavy atom. The number of methoxy groups -OCH3 is 1. The Bertz CT molecular complexity index is 1030. The Balaban J connectivity index is 1.60. The Morgan fingerprint density at radius 1 is 1.29 bits per heavy atom. The summed E-state index contributed by atoms with van der Waals surface area (Å²) in [6, 6.07) is 13.7. The second-order valence-electron chi connectivity index (χ2n) is 5.95. The predicted octanol–water partition coefficient (Wildman–Crippen LogP) is 3.50. The summed E-state index contributed by atoms with van der Waals surface area (Å²) in [6.45, 7) is 0.538. The second-order valence-corrected chi connectivity index (χ2v) is 5.95. The molecule has 0 unspecified atom stereocenters. The number of aromatic nitrogens is 2. The normalized spacial score (nSPS) is 10.8. The number of ether oxygens (including phenoxy) is 1. The first-order chi connectivity index (χ1) is 13.5. The van der Waals surface area contributed by atoms with Gasteiger partial charge >= 0.3 is 0 Å². The first kappa shape index (κ1) is 18.8. The van der Waals surface area contributed by atoms with Crippen LogP contribution in [0.1, 0.15) is 11.1 Å². The quantitative estimate of drug-likeness (QED) is 0.385. The Kier molecular flexibility index (Phi) is 5.81. The highest BCUT2D eigenvalue weighted by Gasteiger charge is 2.05. The number of nitro groups is 1. The van der Waals surface area contributed by atoms with Crippen LogP contribution in [0.2, 0.25) is 0 Å². The molecule has 1 aromatic heterocycles. The molecular formula is C20H18N4O4. The Labute approximate surface area is 161 Å². The zero-order chi connectivity index (χ0) is 19.9. The van der Waals surface area contributed by atoms with E-state index in [-0.39, 0.29) is 11.6 Å². The molecule has 28 heavy (non-hydrogen) atoms. The molecule has 0 aliphatic rings. The standard InChI is InChI=1S/C20H18N4O4/c1-28-19-7-3-5-16(11-19)13-23-14-17(12-21-23)22-20(25)9-8-15-4-2-6-18(10-15)24(26)27/h2-12,14H,13H2,1H3,(H,22,25)/b9-8+. The fourth-order valence-corrected chi connectivity index (χ4v) is 2.57. The molecule has 8 heteroatoms. The van der Waals surface area contributed by atoms with E-state index in [1.165, 1.54) is 24.3 Å². The monoisotopic (exact) mass is 378 g/mol. The van der Waals surface area contributed by atoms with Gasteiger partial charge in [0.15, 0.2) is 0 Å². The van der Waals surface area contributed by atoms with E-state index in [2.05, 4.69) is 10.4 Å². The minimum atomic E-state index is -0.478. The molecule has 3 rings (SSSR count). The third kappa shape index (κ3) is 5.04. The maximum Gasteiger partial charge on any atom is 0.270 e. The number of hydrogen-bond donors (Lipinski definition) is 1. The zero-order valence-corrected chi connectivity index (χ0v) is 15.1. The van der Waals surface area contributed by atoms with Crippen molar-refractivity contribution < 1.29 is 14.5 Å². The van der Waals surface area contributed by atoms with Crippen LogP contribution in [0.4, 0.5) is 11.4 Å². The van der Waals surface area contributed by atoms with Gasteiger partial charge in [-0.05, 0) is 29.3 Å². The number of rotatable bonds is 7. The van der Waals surface area contributed by atoms with Gasteiger partial charge in [-0.25, -0.2) is 0 Å². The number of carbonyl (C=O) groups is 1. The molecule has 142 valence electrons.